The van der Waals surface area contributed by atoms with Gasteiger partial charge in [0.25, 0.3) is 0 Å². The molecule has 0 amide bonds. The van der Waals surface area contributed by atoms with Crippen LogP contribution >= 0.6 is 11.6 Å². The summed E-state index contributed by atoms with van der Waals surface area (Å²) in [5, 5.41) is -1.30. The topological polar surface area (TPSA) is 34.2 Å². The lowest BCUT2D eigenvalue weighted by Gasteiger charge is -2.37. The third kappa shape index (κ3) is 6.80. The first-order valence-electron chi connectivity index (χ1n) is 10.2. The zero-order chi connectivity index (χ0) is 30.7. The monoisotopic (exact) mass is 641 g/mol. The zero-order valence-electron chi connectivity index (χ0n) is 20.2. The van der Waals surface area contributed by atoms with Gasteiger partial charge in [-0.15, -0.1) is 0 Å². The maximum absolute atomic E-state index is 14.7. The van der Waals surface area contributed by atoms with Crippen LogP contribution in [0.3, 0.4) is 0 Å². The van der Waals surface area contributed by atoms with Gasteiger partial charge in [-0.05, 0) is 45.3 Å². The van der Waals surface area contributed by atoms with Crippen molar-refractivity contribution in [2.45, 2.75) is 87.5 Å². The van der Waals surface area contributed by atoms with E-state index in [0.717, 1.165) is 39.3 Å². The van der Waals surface area contributed by atoms with Crippen molar-refractivity contribution in [3.63, 3.8) is 0 Å². The van der Waals surface area contributed by atoms with Crippen LogP contribution in [0, 0.1) is 0 Å². The Morgan fingerprint density at radius 2 is 0.947 bits per heavy atom. The quantitative estimate of drug-likeness (QED) is 0.204. The maximum atomic E-state index is 14.7. The van der Waals surface area contributed by atoms with Gasteiger partial charge in [0.15, 0.2) is 28.8 Å². The van der Waals surface area contributed by atoms with Crippen molar-refractivity contribution in [1.82, 2.24) is 4.98 Å². The fourth-order valence-corrected chi connectivity index (χ4v) is 5.08. The van der Waals surface area contributed by atoms with Gasteiger partial charge in [-0.2, -0.15) is 61.5 Å². The molecule has 1 rings (SSSR count). The first kappa shape index (κ1) is 35.0. The third-order valence-corrected chi connectivity index (χ3v) is 6.71. The predicted octanol–water partition coefficient (Wildman–Crippen LogP) is 9.12. The Bertz CT molecular complexity index is 980. The molecule has 0 aliphatic heterocycles. The standard InChI is InChI=1S/C18H22ClF14NO2Si2/c1-37(2,3)35-11(13(20,21)15(24,25)17(28,29)30)9-7-8(19)10(34-9)12(36-38(4,5)6)14(22,23)16(26,27)18(31,32)33/h7,11-12,34H,1-6H3. The average Bonchev–Trinajstić information content (AvgIpc) is 3.01. The van der Waals surface area contributed by atoms with Gasteiger partial charge >= 0.3 is 36.0 Å². The Morgan fingerprint density at radius 3 is 1.26 bits per heavy atom. The van der Waals surface area contributed by atoms with E-state index in [1.807, 2.05) is 0 Å². The Hall–Kier alpha value is -1.06. The molecule has 0 saturated heterocycles. The molecule has 1 aromatic rings. The molecule has 0 aliphatic carbocycles. The second-order valence-corrected chi connectivity index (χ2v) is 19.4. The summed E-state index contributed by atoms with van der Waals surface area (Å²) in [7, 11) is -7.02. The van der Waals surface area contributed by atoms with Gasteiger partial charge in [0.1, 0.15) is 0 Å². The van der Waals surface area contributed by atoms with Gasteiger partial charge in [-0.3, -0.25) is 0 Å². The largest absolute Gasteiger partial charge is 0.459 e. The minimum Gasteiger partial charge on any atom is -0.404 e. The lowest BCUT2D eigenvalue weighted by molar-refractivity contribution is -0.371. The van der Waals surface area contributed by atoms with E-state index in [2.05, 4.69) is 0 Å². The molecule has 0 fully saturated rings. The lowest BCUT2D eigenvalue weighted by Crippen LogP contribution is -2.57. The van der Waals surface area contributed by atoms with E-state index in [1.165, 1.54) is 4.98 Å². The van der Waals surface area contributed by atoms with Crippen LogP contribution in [0.1, 0.15) is 23.6 Å². The predicted molar refractivity (Wildman–Crippen MR) is 112 cm³/mol. The molecule has 2 unspecified atom stereocenters. The van der Waals surface area contributed by atoms with Crippen LogP contribution in [0.4, 0.5) is 61.5 Å². The highest BCUT2D eigenvalue weighted by molar-refractivity contribution is 6.70. The maximum Gasteiger partial charge on any atom is 0.459 e. The van der Waals surface area contributed by atoms with E-state index >= 15 is 0 Å². The summed E-state index contributed by atoms with van der Waals surface area (Å²) < 4.78 is 201. The molecule has 38 heavy (non-hydrogen) atoms. The smallest absolute Gasteiger partial charge is 0.404 e. The van der Waals surface area contributed by atoms with Gasteiger partial charge in [-0.1, -0.05) is 11.6 Å². The van der Waals surface area contributed by atoms with E-state index < -0.39 is 81.3 Å². The van der Waals surface area contributed by atoms with Gasteiger partial charge < -0.3 is 13.8 Å². The number of hydrogen-bond donors (Lipinski definition) is 1. The molecule has 0 aromatic carbocycles. The van der Waals surface area contributed by atoms with Crippen LogP contribution in [-0.4, -0.2) is 57.7 Å². The van der Waals surface area contributed by atoms with Crippen LogP contribution in [0.15, 0.2) is 6.07 Å². The number of aromatic amines is 1. The van der Waals surface area contributed by atoms with Crippen LogP contribution < -0.4 is 0 Å². The van der Waals surface area contributed by atoms with Gasteiger partial charge in [0.2, 0.25) is 0 Å². The summed E-state index contributed by atoms with van der Waals surface area (Å²) in [5.74, 6) is -25.9. The third-order valence-electron chi connectivity index (χ3n) is 4.51. The molecule has 0 saturated carbocycles. The number of alkyl halides is 14. The highest BCUT2D eigenvalue weighted by atomic mass is 35.5. The summed E-state index contributed by atoms with van der Waals surface area (Å²) >= 11 is 5.65. The normalized spacial score (nSPS) is 17.1. The Balaban J connectivity index is 3.93. The van der Waals surface area contributed by atoms with Crippen LogP contribution in [-0.2, 0) is 8.85 Å². The van der Waals surface area contributed by atoms with Crippen molar-refractivity contribution in [2.24, 2.45) is 0 Å². The van der Waals surface area contributed by atoms with Crippen molar-refractivity contribution in [2.75, 3.05) is 0 Å². The van der Waals surface area contributed by atoms with Crippen LogP contribution in [0.5, 0.6) is 0 Å². The van der Waals surface area contributed by atoms with Crippen molar-refractivity contribution in [1.29, 1.82) is 0 Å². The molecule has 0 aliphatic rings. The molecule has 224 valence electrons. The number of hydrogen-bond acceptors (Lipinski definition) is 2. The summed E-state index contributed by atoms with van der Waals surface area (Å²) in [6, 6.07) is 0.0877. The Kier molecular flexibility index (Phi) is 9.29. The molecule has 20 heteroatoms. The van der Waals surface area contributed by atoms with E-state index in [0.29, 0.717) is 0 Å². The van der Waals surface area contributed by atoms with E-state index in [1.54, 1.807) is 0 Å². The molecule has 3 nitrogen and oxygen atoms in total. The molecule has 1 N–H and O–H groups in total. The molecule has 0 radical (unpaired) electrons. The first-order valence-corrected chi connectivity index (χ1v) is 17.4. The van der Waals surface area contributed by atoms with Gasteiger partial charge in [0.05, 0.1) is 16.4 Å². The fourth-order valence-electron chi connectivity index (χ4n) is 2.86. The SMILES string of the molecule is C[Si](C)(C)OC(c1cc(Cl)c(C(O[Si](C)(C)C)C(F)(F)C(F)(F)C(F)(F)F)[nH]1)C(F)(F)C(F)(F)C(F)(F)F. The lowest BCUT2D eigenvalue weighted by atomic mass is 10.0. The van der Waals surface area contributed by atoms with Crippen molar-refractivity contribution in [3.05, 3.63) is 22.5 Å². The van der Waals surface area contributed by atoms with Crippen molar-refractivity contribution < 1.29 is 70.3 Å². The minimum absolute atomic E-state index is 0.0877. The molecule has 0 spiro atoms. The van der Waals surface area contributed by atoms with Gasteiger partial charge in [-0.25, -0.2) is 0 Å². The van der Waals surface area contributed by atoms with Crippen LogP contribution in [0.25, 0.3) is 0 Å². The number of nitrogens with one attached hydrogen (secondary N) is 1. The molecular weight excluding hydrogens is 620 g/mol. The fraction of sp³-hybridized carbons (Fsp3) is 0.778. The molecule has 0 bridgehead atoms. The number of H-pyrrole nitrogens is 1. The van der Waals surface area contributed by atoms with Crippen LogP contribution in [0.2, 0.25) is 44.3 Å². The second-order valence-electron chi connectivity index (χ2n) is 10.1. The van der Waals surface area contributed by atoms with E-state index in [-0.39, 0.29) is 6.07 Å². The zero-order valence-corrected chi connectivity index (χ0v) is 23.0. The van der Waals surface area contributed by atoms with E-state index in [9.17, 15) is 61.5 Å². The highest BCUT2D eigenvalue weighted by Crippen LogP contribution is 2.56. The highest BCUT2D eigenvalue weighted by Gasteiger charge is 2.78. The Morgan fingerprint density at radius 1 is 0.632 bits per heavy atom. The second kappa shape index (κ2) is 10.1. The summed E-state index contributed by atoms with van der Waals surface area (Å²) in [5.41, 5.74) is -3.13. The number of rotatable bonds is 10. The minimum atomic E-state index is -6.86. The molecule has 2 atom stereocenters. The van der Waals surface area contributed by atoms with Crippen molar-refractivity contribution >= 4 is 28.2 Å². The summed E-state index contributed by atoms with van der Waals surface area (Å²) in [6.45, 7) is 6.41. The van der Waals surface area contributed by atoms with Crippen molar-refractivity contribution in [3.8, 4) is 0 Å². The van der Waals surface area contributed by atoms with E-state index in [4.69, 9.17) is 20.5 Å². The molecule has 1 heterocycles. The first-order chi connectivity index (χ1) is 16.3. The number of halogens is 15. The molecular formula is C18H22ClF14NO2Si2. The van der Waals surface area contributed by atoms with Gasteiger partial charge in [0, 0.05) is 0 Å². The number of aromatic nitrogens is 1. The summed E-state index contributed by atoms with van der Waals surface area (Å²) in [6.07, 6.45) is -20.9. The average molecular weight is 642 g/mol. The molecule has 1 aromatic heterocycles. The summed E-state index contributed by atoms with van der Waals surface area (Å²) in [4.78, 5) is 1.49. The Labute approximate surface area is 214 Å².